The van der Waals surface area contributed by atoms with Gasteiger partial charge in [0.05, 0.1) is 10.9 Å². The van der Waals surface area contributed by atoms with E-state index in [1.807, 2.05) is 53.1 Å². The number of pyridine rings is 1. The lowest BCUT2D eigenvalue weighted by Crippen LogP contribution is -2.63. The summed E-state index contributed by atoms with van der Waals surface area (Å²) in [4.78, 5) is 18.8. The highest BCUT2D eigenvalue weighted by atomic mass is 32.2. The number of hydrogen-bond donors (Lipinski definition) is 0. The molecule has 5 nitrogen and oxygen atoms in total. The lowest BCUT2D eigenvalue weighted by molar-refractivity contribution is -0.143. The first kappa shape index (κ1) is 16.0. The number of ether oxygens (including phenoxy) is 2. The van der Waals surface area contributed by atoms with Crippen molar-refractivity contribution in [2.75, 3.05) is 18.8 Å². The minimum absolute atomic E-state index is 0.115. The van der Waals surface area contributed by atoms with E-state index in [0.29, 0.717) is 6.42 Å². The van der Waals surface area contributed by atoms with Gasteiger partial charge in [0, 0.05) is 37.9 Å². The van der Waals surface area contributed by atoms with Crippen LogP contribution in [0.3, 0.4) is 0 Å². The highest BCUT2D eigenvalue weighted by Crippen LogP contribution is 2.46. The van der Waals surface area contributed by atoms with Crippen LogP contribution in [-0.2, 0) is 11.2 Å². The molecule has 2 fully saturated rings. The molecule has 2 atom stereocenters. The van der Waals surface area contributed by atoms with Gasteiger partial charge in [-0.25, -0.2) is 0 Å². The lowest BCUT2D eigenvalue weighted by atomic mass is 9.92. The van der Waals surface area contributed by atoms with Crippen LogP contribution >= 0.6 is 11.8 Å². The van der Waals surface area contributed by atoms with E-state index < -0.39 is 0 Å². The van der Waals surface area contributed by atoms with Crippen molar-refractivity contribution in [2.45, 2.75) is 29.8 Å². The Bertz CT molecular complexity index is 798. The van der Waals surface area contributed by atoms with Gasteiger partial charge >= 0.3 is 0 Å². The normalized spacial score (nSPS) is 25.5. The van der Waals surface area contributed by atoms with Crippen LogP contribution in [-0.4, -0.2) is 51.6 Å². The molecule has 3 aliphatic heterocycles. The number of amides is 1. The molecule has 5 rings (SSSR count). The summed E-state index contributed by atoms with van der Waals surface area (Å²) >= 11 is 1.93. The van der Waals surface area contributed by atoms with E-state index in [2.05, 4.69) is 4.98 Å². The highest BCUT2D eigenvalue weighted by molar-refractivity contribution is 8.01. The number of benzene rings is 1. The Balaban J connectivity index is 1.16. The number of likely N-dealkylation sites (tertiary alicyclic amines) is 1. The van der Waals surface area contributed by atoms with Gasteiger partial charge in [-0.1, -0.05) is 18.2 Å². The lowest BCUT2D eigenvalue weighted by Gasteiger charge is -2.48. The SMILES string of the molecule is O=C([C@@H]1Cc2ccccc2O1)N1CC2(C[C@@H](Oc3cccnc3)CS2)C1. The molecular weight excluding hydrogens is 348 g/mol. The van der Waals surface area contributed by atoms with Gasteiger partial charge in [0.2, 0.25) is 0 Å². The molecule has 6 heteroatoms. The van der Waals surface area contributed by atoms with Crippen LogP contribution in [0.4, 0.5) is 0 Å². The van der Waals surface area contributed by atoms with Crippen molar-refractivity contribution in [1.82, 2.24) is 9.88 Å². The molecular formula is C20H20N2O3S. The number of carbonyl (C=O) groups is 1. The van der Waals surface area contributed by atoms with E-state index in [1.54, 1.807) is 12.4 Å². The van der Waals surface area contributed by atoms with Crippen molar-refractivity contribution in [1.29, 1.82) is 0 Å². The maximum Gasteiger partial charge on any atom is 0.264 e. The summed E-state index contributed by atoms with van der Waals surface area (Å²) in [7, 11) is 0. The van der Waals surface area contributed by atoms with E-state index in [0.717, 1.165) is 42.3 Å². The van der Waals surface area contributed by atoms with Crippen LogP contribution < -0.4 is 9.47 Å². The van der Waals surface area contributed by atoms with Gasteiger partial charge in [0.1, 0.15) is 17.6 Å². The first-order valence-electron chi connectivity index (χ1n) is 8.95. The molecule has 0 unspecified atom stereocenters. The summed E-state index contributed by atoms with van der Waals surface area (Å²) in [5, 5.41) is 0. The van der Waals surface area contributed by atoms with E-state index >= 15 is 0 Å². The van der Waals surface area contributed by atoms with Crippen LogP contribution in [0.2, 0.25) is 0 Å². The predicted octanol–water partition coefficient (Wildman–Crippen LogP) is 2.55. The summed E-state index contributed by atoms with van der Waals surface area (Å²) in [5.74, 6) is 2.74. The predicted molar refractivity (Wildman–Crippen MR) is 99.6 cm³/mol. The number of fused-ring (bicyclic) bond motifs is 1. The molecule has 0 saturated carbocycles. The zero-order valence-corrected chi connectivity index (χ0v) is 15.2. The second-order valence-corrected chi connectivity index (χ2v) is 8.73. The minimum atomic E-state index is -0.362. The number of rotatable bonds is 3. The smallest absolute Gasteiger partial charge is 0.264 e. The molecule has 1 amide bonds. The maximum atomic E-state index is 12.8. The Labute approximate surface area is 156 Å². The fourth-order valence-corrected chi connectivity index (χ4v) is 5.56. The van der Waals surface area contributed by atoms with Crippen LogP contribution in [0, 0.1) is 0 Å². The summed E-state index contributed by atoms with van der Waals surface area (Å²) in [5.41, 5.74) is 1.13. The van der Waals surface area contributed by atoms with Gasteiger partial charge in [-0.15, -0.1) is 11.8 Å². The average molecular weight is 368 g/mol. The summed E-state index contributed by atoms with van der Waals surface area (Å²) in [6.45, 7) is 1.58. The largest absolute Gasteiger partial charge is 0.488 e. The fraction of sp³-hybridized carbons (Fsp3) is 0.400. The van der Waals surface area contributed by atoms with E-state index in [-0.39, 0.29) is 22.9 Å². The van der Waals surface area contributed by atoms with Gasteiger partial charge in [-0.2, -0.15) is 0 Å². The van der Waals surface area contributed by atoms with Crippen molar-refractivity contribution in [3.05, 3.63) is 54.4 Å². The standard InChI is InChI=1S/C20H20N2O3S/c23-19(18-8-14-4-1-2-6-17(14)25-18)22-12-20(13-22)9-16(11-26-20)24-15-5-3-7-21-10-15/h1-7,10,16,18H,8-9,11-13H2/t16-,18+/m1/s1. The quantitative estimate of drug-likeness (QED) is 0.833. The number of carbonyl (C=O) groups excluding carboxylic acids is 1. The Morgan fingerprint density at radius 3 is 2.96 bits per heavy atom. The van der Waals surface area contributed by atoms with Gasteiger partial charge in [0.15, 0.2) is 6.10 Å². The Morgan fingerprint density at radius 2 is 2.15 bits per heavy atom. The molecule has 0 aliphatic carbocycles. The second-order valence-electron chi connectivity index (χ2n) is 7.24. The first-order valence-corrected chi connectivity index (χ1v) is 9.93. The number of thioether (sulfide) groups is 1. The zero-order valence-electron chi connectivity index (χ0n) is 14.3. The molecule has 0 radical (unpaired) electrons. The van der Waals surface area contributed by atoms with Crippen LogP contribution in [0.25, 0.3) is 0 Å². The van der Waals surface area contributed by atoms with E-state index in [1.165, 1.54) is 0 Å². The fourth-order valence-electron chi connectivity index (χ4n) is 4.04. The second kappa shape index (κ2) is 6.20. The highest BCUT2D eigenvalue weighted by Gasteiger charge is 2.52. The third-order valence-electron chi connectivity index (χ3n) is 5.30. The van der Waals surface area contributed by atoms with Crippen molar-refractivity contribution < 1.29 is 14.3 Å². The van der Waals surface area contributed by atoms with E-state index in [4.69, 9.17) is 9.47 Å². The summed E-state index contributed by atoms with van der Waals surface area (Å²) in [6, 6.07) is 11.7. The number of nitrogens with zero attached hydrogens (tertiary/aromatic N) is 2. The molecule has 1 spiro atoms. The molecule has 134 valence electrons. The molecule has 3 aliphatic rings. The number of para-hydroxylation sites is 1. The van der Waals surface area contributed by atoms with E-state index in [9.17, 15) is 4.79 Å². The van der Waals surface area contributed by atoms with Crippen LogP contribution in [0.15, 0.2) is 48.8 Å². The Kier molecular flexibility index (Phi) is 3.81. The van der Waals surface area contributed by atoms with Crippen molar-refractivity contribution >= 4 is 17.7 Å². The zero-order chi connectivity index (χ0) is 17.6. The molecule has 4 heterocycles. The average Bonchev–Trinajstić information content (AvgIpc) is 3.25. The van der Waals surface area contributed by atoms with Gasteiger partial charge in [0.25, 0.3) is 5.91 Å². The monoisotopic (exact) mass is 368 g/mol. The Morgan fingerprint density at radius 1 is 1.27 bits per heavy atom. The number of hydrogen-bond acceptors (Lipinski definition) is 5. The third-order valence-corrected chi connectivity index (χ3v) is 6.88. The van der Waals surface area contributed by atoms with Crippen molar-refractivity contribution in [3.8, 4) is 11.5 Å². The summed E-state index contributed by atoms with van der Waals surface area (Å²) < 4.78 is 12.0. The molecule has 2 aromatic rings. The first-order chi connectivity index (χ1) is 12.7. The Hall–Kier alpha value is -2.21. The van der Waals surface area contributed by atoms with Gasteiger partial charge < -0.3 is 14.4 Å². The topological polar surface area (TPSA) is 51.7 Å². The molecule has 0 bridgehead atoms. The summed E-state index contributed by atoms with van der Waals surface area (Å²) in [6.07, 6.45) is 4.98. The van der Waals surface area contributed by atoms with Gasteiger partial charge in [-0.05, 0) is 23.8 Å². The molecule has 1 aromatic heterocycles. The van der Waals surface area contributed by atoms with Crippen molar-refractivity contribution in [2.24, 2.45) is 0 Å². The molecule has 2 saturated heterocycles. The molecule has 0 N–H and O–H groups in total. The van der Waals surface area contributed by atoms with Gasteiger partial charge in [-0.3, -0.25) is 9.78 Å². The minimum Gasteiger partial charge on any atom is -0.488 e. The van der Waals surface area contributed by atoms with Crippen LogP contribution in [0.1, 0.15) is 12.0 Å². The number of aromatic nitrogens is 1. The molecule has 1 aromatic carbocycles. The van der Waals surface area contributed by atoms with Crippen molar-refractivity contribution in [3.63, 3.8) is 0 Å². The third kappa shape index (κ3) is 2.82. The van der Waals surface area contributed by atoms with Crippen LogP contribution in [0.5, 0.6) is 11.5 Å². The maximum absolute atomic E-state index is 12.8. The molecule has 26 heavy (non-hydrogen) atoms.